The van der Waals surface area contributed by atoms with Gasteiger partial charge in [-0.2, -0.15) is 13.2 Å². The lowest BCUT2D eigenvalue weighted by Crippen LogP contribution is -2.05. The topological polar surface area (TPSA) is 9.23 Å². The van der Waals surface area contributed by atoms with Crippen molar-refractivity contribution in [2.24, 2.45) is 0 Å². The summed E-state index contributed by atoms with van der Waals surface area (Å²) in [4.78, 5) is 0. The summed E-state index contributed by atoms with van der Waals surface area (Å²) in [5.41, 5.74) is -0.180. The zero-order chi connectivity index (χ0) is 10.8. The molecule has 0 unspecified atom stereocenters. The van der Waals surface area contributed by atoms with Crippen molar-refractivity contribution in [3.63, 3.8) is 0 Å². The molecule has 0 aliphatic heterocycles. The molecule has 76 valence electrons. The van der Waals surface area contributed by atoms with Crippen molar-refractivity contribution in [2.75, 3.05) is 7.11 Å². The lowest BCUT2D eigenvalue weighted by molar-refractivity contribution is -0.137. The van der Waals surface area contributed by atoms with Crippen LogP contribution < -0.4 is 4.74 Å². The van der Waals surface area contributed by atoms with E-state index in [9.17, 15) is 13.2 Å². The molecular weight excluding hydrogens is 193 g/mol. The molecule has 0 saturated heterocycles. The number of hydrogen-bond donors (Lipinski definition) is 0. The van der Waals surface area contributed by atoms with Crippen LogP contribution in [0.4, 0.5) is 13.2 Å². The Labute approximate surface area is 79.8 Å². The van der Waals surface area contributed by atoms with E-state index in [2.05, 4.69) is 6.58 Å². The molecule has 0 aliphatic carbocycles. The quantitative estimate of drug-likeness (QED) is 0.714. The van der Waals surface area contributed by atoms with Crippen LogP contribution in [0, 0.1) is 0 Å². The van der Waals surface area contributed by atoms with Gasteiger partial charge in [0, 0.05) is 5.56 Å². The van der Waals surface area contributed by atoms with Crippen LogP contribution in [0.25, 0.3) is 6.08 Å². The number of benzene rings is 1. The van der Waals surface area contributed by atoms with Crippen molar-refractivity contribution in [3.8, 4) is 5.75 Å². The van der Waals surface area contributed by atoms with Crippen LogP contribution in [0.15, 0.2) is 24.8 Å². The summed E-state index contributed by atoms with van der Waals surface area (Å²) in [6, 6.07) is 3.28. The monoisotopic (exact) mass is 202 g/mol. The van der Waals surface area contributed by atoms with Crippen molar-refractivity contribution in [3.05, 3.63) is 35.9 Å². The molecule has 0 spiro atoms. The van der Waals surface area contributed by atoms with Crippen LogP contribution in [-0.2, 0) is 6.18 Å². The third kappa shape index (κ3) is 2.07. The summed E-state index contributed by atoms with van der Waals surface area (Å²) in [5.74, 6) is 0.176. The molecule has 0 saturated carbocycles. The van der Waals surface area contributed by atoms with Crippen LogP contribution in [0.5, 0.6) is 5.75 Å². The normalized spacial score (nSPS) is 11.1. The number of ether oxygens (including phenoxy) is 1. The average molecular weight is 202 g/mol. The first-order valence-corrected chi connectivity index (χ1v) is 3.86. The second-order valence-electron chi connectivity index (χ2n) is 2.66. The maximum Gasteiger partial charge on any atom is 0.416 e. The molecule has 1 aromatic rings. The first-order valence-electron chi connectivity index (χ1n) is 3.86. The Morgan fingerprint density at radius 2 is 2.00 bits per heavy atom. The molecule has 1 rings (SSSR count). The fourth-order valence-electron chi connectivity index (χ4n) is 1.06. The van der Waals surface area contributed by atoms with Crippen molar-refractivity contribution >= 4 is 6.08 Å². The van der Waals surface area contributed by atoms with E-state index < -0.39 is 11.7 Å². The van der Waals surface area contributed by atoms with Gasteiger partial charge in [0.15, 0.2) is 0 Å². The van der Waals surface area contributed by atoms with E-state index >= 15 is 0 Å². The molecule has 0 amide bonds. The standard InChI is InChI=1S/C10H9F3O/c1-3-7-4-5-8(10(11,12)13)6-9(7)14-2/h3-6H,1H2,2H3. The molecule has 14 heavy (non-hydrogen) atoms. The van der Waals surface area contributed by atoms with Crippen molar-refractivity contribution in [2.45, 2.75) is 6.18 Å². The molecule has 1 nitrogen and oxygen atoms in total. The fourth-order valence-corrected chi connectivity index (χ4v) is 1.06. The number of rotatable bonds is 2. The van der Waals surface area contributed by atoms with Crippen LogP contribution in [0.1, 0.15) is 11.1 Å². The molecule has 0 bridgehead atoms. The van der Waals surface area contributed by atoms with Gasteiger partial charge in [0.2, 0.25) is 0 Å². The van der Waals surface area contributed by atoms with E-state index in [-0.39, 0.29) is 5.75 Å². The molecule has 0 atom stereocenters. The summed E-state index contributed by atoms with van der Waals surface area (Å²) in [5, 5.41) is 0. The van der Waals surface area contributed by atoms with Gasteiger partial charge in [-0.15, -0.1) is 0 Å². The molecule has 0 fully saturated rings. The molecule has 0 aromatic heterocycles. The smallest absolute Gasteiger partial charge is 0.416 e. The van der Waals surface area contributed by atoms with Crippen LogP contribution in [0.2, 0.25) is 0 Å². The predicted octanol–water partition coefficient (Wildman–Crippen LogP) is 3.36. The van der Waals surface area contributed by atoms with E-state index in [1.807, 2.05) is 0 Å². The van der Waals surface area contributed by atoms with E-state index in [1.165, 1.54) is 19.3 Å². The third-order valence-corrected chi connectivity index (χ3v) is 1.78. The minimum Gasteiger partial charge on any atom is -0.496 e. The van der Waals surface area contributed by atoms with E-state index in [1.54, 1.807) is 0 Å². The minimum absolute atomic E-state index is 0.176. The number of hydrogen-bond acceptors (Lipinski definition) is 1. The molecule has 1 aromatic carbocycles. The highest BCUT2D eigenvalue weighted by Crippen LogP contribution is 2.33. The molecule has 0 N–H and O–H groups in total. The van der Waals surface area contributed by atoms with Crippen LogP contribution in [0.3, 0.4) is 0 Å². The van der Waals surface area contributed by atoms with Gasteiger partial charge < -0.3 is 4.74 Å². The number of alkyl halides is 3. The number of methoxy groups -OCH3 is 1. The minimum atomic E-state index is -4.34. The van der Waals surface area contributed by atoms with Gasteiger partial charge >= 0.3 is 6.18 Å². The van der Waals surface area contributed by atoms with Crippen molar-refractivity contribution in [1.82, 2.24) is 0 Å². The summed E-state index contributed by atoms with van der Waals surface area (Å²) in [6.07, 6.45) is -2.90. The molecule has 0 heterocycles. The Bertz CT molecular complexity index is 342. The third-order valence-electron chi connectivity index (χ3n) is 1.78. The first-order chi connectivity index (χ1) is 6.49. The average Bonchev–Trinajstić information content (AvgIpc) is 2.15. The first kappa shape index (κ1) is 10.6. The summed E-state index contributed by atoms with van der Waals surface area (Å²) >= 11 is 0. The molecule has 0 aliphatic rings. The van der Waals surface area contributed by atoms with Gasteiger partial charge in [0.1, 0.15) is 5.75 Å². The Kier molecular flexibility index (Phi) is 2.84. The second-order valence-corrected chi connectivity index (χ2v) is 2.66. The summed E-state index contributed by atoms with van der Waals surface area (Å²) < 4.78 is 41.6. The Morgan fingerprint density at radius 3 is 2.43 bits per heavy atom. The SMILES string of the molecule is C=Cc1ccc(C(F)(F)F)cc1OC. The highest BCUT2D eigenvalue weighted by molar-refractivity contribution is 5.56. The Hall–Kier alpha value is -1.45. The number of halogens is 3. The fraction of sp³-hybridized carbons (Fsp3) is 0.200. The van der Waals surface area contributed by atoms with Gasteiger partial charge in [-0.05, 0) is 12.1 Å². The van der Waals surface area contributed by atoms with E-state index in [0.29, 0.717) is 5.56 Å². The highest BCUT2D eigenvalue weighted by Gasteiger charge is 2.30. The Balaban J connectivity index is 3.21. The zero-order valence-electron chi connectivity index (χ0n) is 7.56. The lowest BCUT2D eigenvalue weighted by Gasteiger charge is -2.10. The maximum absolute atomic E-state index is 12.3. The Morgan fingerprint density at radius 1 is 1.36 bits per heavy atom. The van der Waals surface area contributed by atoms with Crippen molar-refractivity contribution < 1.29 is 17.9 Å². The predicted molar refractivity (Wildman–Crippen MR) is 48.1 cm³/mol. The molecule has 0 radical (unpaired) electrons. The van der Waals surface area contributed by atoms with Crippen LogP contribution in [-0.4, -0.2) is 7.11 Å². The largest absolute Gasteiger partial charge is 0.496 e. The van der Waals surface area contributed by atoms with E-state index in [4.69, 9.17) is 4.74 Å². The van der Waals surface area contributed by atoms with Crippen molar-refractivity contribution in [1.29, 1.82) is 0 Å². The summed E-state index contributed by atoms with van der Waals surface area (Å²) in [6.45, 7) is 3.47. The van der Waals surface area contributed by atoms with Gasteiger partial charge in [0.25, 0.3) is 0 Å². The molecule has 4 heteroatoms. The van der Waals surface area contributed by atoms with Gasteiger partial charge in [-0.1, -0.05) is 18.7 Å². The maximum atomic E-state index is 12.3. The van der Waals surface area contributed by atoms with Gasteiger partial charge in [-0.3, -0.25) is 0 Å². The zero-order valence-corrected chi connectivity index (χ0v) is 7.56. The van der Waals surface area contributed by atoms with Gasteiger partial charge in [-0.25, -0.2) is 0 Å². The lowest BCUT2D eigenvalue weighted by atomic mass is 10.1. The summed E-state index contributed by atoms with van der Waals surface area (Å²) in [7, 11) is 1.32. The van der Waals surface area contributed by atoms with Crippen LogP contribution >= 0.6 is 0 Å². The second kappa shape index (κ2) is 3.74. The van der Waals surface area contributed by atoms with Gasteiger partial charge in [0.05, 0.1) is 12.7 Å². The highest BCUT2D eigenvalue weighted by atomic mass is 19.4. The van der Waals surface area contributed by atoms with E-state index in [0.717, 1.165) is 12.1 Å². The molecular formula is C10H9F3O.